The first-order chi connectivity index (χ1) is 12.3. The molecule has 1 atom stereocenters. The zero-order valence-electron chi connectivity index (χ0n) is 14.7. The number of rotatable bonds is 8. The van der Waals surface area contributed by atoms with Gasteiger partial charge in [-0.3, -0.25) is 0 Å². The first-order valence-electron chi connectivity index (χ1n) is 8.87. The van der Waals surface area contributed by atoms with Gasteiger partial charge in [-0.15, -0.1) is 0 Å². The molecule has 0 aromatic heterocycles. The van der Waals surface area contributed by atoms with Crippen molar-refractivity contribution < 1.29 is 4.74 Å². The second-order valence-corrected chi connectivity index (χ2v) is 13.7. The molecule has 130 valence electrons. The van der Waals surface area contributed by atoms with Crippen molar-refractivity contribution in [2.45, 2.75) is 6.92 Å². The fourth-order valence-corrected chi connectivity index (χ4v) is 11.9. The van der Waals surface area contributed by atoms with Gasteiger partial charge in [0.1, 0.15) is 0 Å². The van der Waals surface area contributed by atoms with Crippen LogP contribution in [-0.4, -0.2) is 19.4 Å². The predicted octanol–water partition coefficient (Wildman–Crippen LogP) is 4.34. The molecule has 1 unspecified atom stereocenters. The summed E-state index contributed by atoms with van der Waals surface area (Å²) < 4.78 is 5.81. The predicted molar refractivity (Wildman–Crippen MR) is 116 cm³/mol. The van der Waals surface area contributed by atoms with E-state index in [4.69, 9.17) is 4.74 Å². The maximum atomic E-state index is 5.81. The average Bonchev–Trinajstić information content (AvgIpc) is 2.69. The molecule has 0 aliphatic heterocycles. The quantitative estimate of drug-likeness (QED) is 0.424. The zero-order valence-corrected chi connectivity index (χ0v) is 16.7. The van der Waals surface area contributed by atoms with Crippen molar-refractivity contribution in [2.75, 3.05) is 19.4 Å². The Balaban J connectivity index is 2.09. The zero-order chi connectivity index (χ0) is 17.4. The molecule has 0 amide bonds. The van der Waals surface area contributed by atoms with E-state index in [0.717, 1.165) is 27.6 Å². The van der Waals surface area contributed by atoms with Crippen molar-refractivity contribution in [3.05, 3.63) is 91.0 Å². The normalized spacial score (nSPS) is 12.5. The Morgan fingerprint density at radius 1 is 0.720 bits per heavy atom. The monoisotopic (exact) mass is 368 g/mol. The van der Waals surface area contributed by atoms with Crippen molar-refractivity contribution >= 4 is 31.1 Å². The SMILES string of the molecule is CCOCC[PH](Pc1ccccc1)(c1ccccc1)c1ccccc1. The summed E-state index contributed by atoms with van der Waals surface area (Å²) in [7, 11) is 0.791. The first kappa shape index (κ1) is 18.3. The van der Waals surface area contributed by atoms with Crippen molar-refractivity contribution in [3.8, 4) is 0 Å². The fourth-order valence-electron chi connectivity index (χ4n) is 3.25. The Labute approximate surface area is 153 Å². The van der Waals surface area contributed by atoms with Crippen LogP contribution >= 0.6 is 15.2 Å². The molecule has 3 heteroatoms. The third kappa shape index (κ3) is 4.56. The minimum absolute atomic E-state index is 0.780. The van der Waals surface area contributed by atoms with E-state index in [2.05, 4.69) is 97.9 Å². The summed E-state index contributed by atoms with van der Waals surface area (Å²) in [5.74, 6) is 0. The summed E-state index contributed by atoms with van der Waals surface area (Å²) in [5.41, 5.74) is 0. The number of benzene rings is 3. The van der Waals surface area contributed by atoms with Gasteiger partial charge in [0.2, 0.25) is 0 Å². The average molecular weight is 368 g/mol. The van der Waals surface area contributed by atoms with Gasteiger partial charge in [-0.2, -0.15) is 0 Å². The number of hydrogen-bond acceptors (Lipinski definition) is 1. The molecule has 3 aromatic rings. The van der Waals surface area contributed by atoms with E-state index >= 15 is 0 Å². The molecule has 0 fully saturated rings. The van der Waals surface area contributed by atoms with Gasteiger partial charge < -0.3 is 0 Å². The van der Waals surface area contributed by atoms with Crippen LogP contribution in [0.4, 0.5) is 0 Å². The molecular weight excluding hydrogens is 342 g/mol. The molecule has 0 aliphatic carbocycles. The molecule has 0 spiro atoms. The van der Waals surface area contributed by atoms with Crippen LogP contribution < -0.4 is 15.9 Å². The van der Waals surface area contributed by atoms with Crippen LogP contribution in [0.2, 0.25) is 0 Å². The van der Waals surface area contributed by atoms with Gasteiger partial charge in [-0.05, 0) is 0 Å². The van der Waals surface area contributed by atoms with E-state index in [1.807, 2.05) is 0 Å². The molecule has 0 bridgehead atoms. The molecular formula is C22H26OP2. The van der Waals surface area contributed by atoms with Crippen LogP contribution in [0.3, 0.4) is 0 Å². The Kier molecular flexibility index (Phi) is 6.76. The second kappa shape index (κ2) is 9.25. The topological polar surface area (TPSA) is 9.23 Å². The molecule has 0 saturated heterocycles. The van der Waals surface area contributed by atoms with Crippen LogP contribution in [0.25, 0.3) is 0 Å². The van der Waals surface area contributed by atoms with Gasteiger partial charge in [0.25, 0.3) is 0 Å². The summed E-state index contributed by atoms with van der Waals surface area (Å²) in [6.07, 6.45) is 1.11. The Morgan fingerprint density at radius 2 is 1.20 bits per heavy atom. The van der Waals surface area contributed by atoms with Crippen LogP contribution in [0.5, 0.6) is 0 Å². The Morgan fingerprint density at radius 3 is 1.68 bits per heavy atom. The molecule has 3 rings (SSSR count). The minimum atomic E-state index is -1.92. The fraction of sp³-hybridized carbons (Fsp3) is 0.182. The second-order valence-electron chi connectivity index (χ2n) is 6.08. The first-order valence-corrected chi connectivity index (χ1v) is 13.1. The van der Waals surface area contributed by atoms with Gasteiger partial charge in [0.15, 0.2) is 0 Å². The standard InChI is InChI=1S/C22H26OP2/c1-2-23-18-19-25(21-14-8-4-9-15-21,22-16-10-5-11-17-22)24-20-12-6-3-7-13-20/h3-17,24-25H,2,18-19H2,1H3. The molecule has 0 saturated carbocycles. The third-order valence-electron chi connectivity index (χ3n) is 4.49. The van der Waals surface area contributed by atoms with E-state index in [1.54, 1.807) is 0 Å². The van der Waals surface area contributed by atoms with E-state index in [0.29, 0.717) is 0 Å². The van der Waals surface area contributed by atoms with Crippen LogP contribution in [0.1, 0.15) is 6.92 Å². The number of hydrogen-bond donors (Lipinski definition) is 0. The molecule has 0 heterocycles. The molecule has 0 radical (unpaired) electrons. The third-order valence-corrected chi connectivity index (χ3v) is 13.8. The van der Waals surface area contributed by atoms with E-state index in [9.17, 15) is 0 Å². The number of ether oxygens (including phenoxy) is 1. The van der Waals surface area contributed by atoms with Crippen LogP contribution in [0.15, 0.2) is 91.0 Å². The van der Waals surface area contributed by atoms with Crippen molar-refractivity contribution in [2.24, 2.45) is 0 Å². The van der Waals surface area contributed by atoms with Crippen molar-refractivity contribution in [3.63, 3.8) is 0 Å². The van der Waals surface area contributed by atoms with Crippen LogP contribution in [-0.2, 0) is 4.74 Å². The van der Waals surface area contributed by atoms with Gasteiger partial charge in [0.05, 0.1) is 0 Å². The summed E-state index contributed by atoms with van der Waals surface area (Å²) in [6.45, 7) is 1.76. The van der Waals surface area contributed by atoms with Crippen molar-refractivity contribution in [1.29, 1.82) is 0 Å². The molecule has 1 nitrogen and oxygen atoms in total. The molecule has 25 heavy (non-hydrogen) atoms. The molecule has 0 aliphatic rings. The summed E-state index contributed by atoms with van der Waals surface area (Å²) >= 11 is 0. The Hall–Kier alpha value is -1.52. The summed E-state index contributed by atoms with van der Waals surface area (Å²) in [6, 6.07) is 33.2. The van der Waals surface area contributed by atoms with E-state index in [-0.39, 0.29) is 0 Å². The maximum absolute atomic E-state index is 5.81. The van der Waals surface area contributed by atoms with Gasteiger partial charge in [-0.25, -0.2) is 0 Å². The van der Waals surface area contributed by atoms with Gasteiger partial charge in [0, 0.05) is 0 Å². The van der Waals surface area contributed by atoms with E-state index in [1.165, 1.54) is 15.9 Å². The van der Waals surface area contributed by atoms with Gasteiger partial charge >= 0.3 is 153 Å². The summed E-state index contributed by atoms with van der Waals surface area (Å²) in [4.78, 5) is 0. The molecule has 0 N–H and O–H groups in total. The van der Waals surface area contributed by atoms with Crippen LogP contribution in [0, 0.1) is 0 Å². The van der Waals surface area contributed by atoms with E-state index < -0.39 is 6.95 Å². The Bertz CT molecular complexity index is 705. The molecule has 3 aromatic carbocycles. The summed E-state index contributed by atoms with van der Waals surface area (Å²) in [5, 5.41) is 4.45. The van der Waals surface area contributed by atoms with Gasteiger partial charge in [-0.1, -0.05) is 0 Å². The van der Waals surface area contributed by atoms with Crippen molar-refractivity contribution in [1.82, 2.24) is 0 Å².